The number of benzene rings is 2. The Hall–Kier alpha value is -1.14. The molecule has 3 rings (SSSR count). The minimum absolute atomic E-state index is 0.914. The van der Waals surface area contributed by atoms with Gasteiger partial charge < -0.3 is 5.32 Å². The first-order valence-electron chi connectivity index (χ1n) is 6.04. The highest BCUT2D eigenvalue weighted by molar-refractivity contribution is 14.1. The summed E-state index contributed by atoms with van der Waals surface area (Å²) < 4.78 is 2.17. The quantitative estimate of drug-likeness (QED) is 0.390. The van der Waals surface area contributed by atoms with Crippen molar-refractivity contribution < 1.29 is 0 Å². The monoisotopic (exact) mass is 380 g/mol. The predicted octanol–water partition coefficient (Wildman–Crippen LogP) is 5.08. The lowest BCUT2D eigenvalue weighted by Gasteiger charge is -2.02. The van der Waals surface area contributed by atoms with Crippen molar-refractivity contribution in [2.24, 2.45) is 0 Å². The number of rotatable bonds is 3. The maximum Gasteiger partial charge on any atom is 0.124 e. The topological polar surface area (TPSA) is 24.9 Å². The molecule has 4 heteroatoms. The maximum atomic E-state index is 4.70. The van der Waals surface area contributed by atoms with Crippen molar-refractivity contribution in [2.75, 3.05) is 9.87 Å². The van der Waals surface area contributed by atoms with Crippen LogP contribution in [0.5, 0.6) is 0 Å². The summed E-state index contributed by atoms with van der Waals surface area (Å²) in [5, 5.41) is 4.37. The van der Waals surface area contributed by atoms with Gasteiger partial charge in [-0.05, 0) is 48.9 Å². The van der Waals surface area contributed by atoms with Crippen LogP contribution in [-0.4, -0.2) is 9.54 Å². The minimum Gasteiger partial charge on any atom is -0.376 e. The zero-order chi connectivity index (χ0) is 13.2. The second-order valence-electron chi connectivity index (χ2n) is 4.38. The Morgan fingerprint density at radius 3 is 2.68 bits per heavy atom. The summed E-state index contributed by atoms with van der Waals surface area (Å²) in [4.78, 5) is 4.70. The summed E-state index contributed by atoms with van der Waals surface area (Å²) >= 11 is 4.05. The van der Waals surface area contributed by atoms with Crippen LogP contribution in [0.3, 0.4) is 0 Å². The van der Waals surface area contributed by atoms with E-state index in [9.17, 15) is 0 Å². The molecule has 0 radical (unpaired) electrons. The first kappa shape index (κ1) is 12.9. The molecule has 0 spiro atoms. The third-order valence-corrected chi connectivity index (χ3v) is 4.40. The van der Waals surface area contributed by atoms with Crippen LogP contribution in [0.25, 0.3) is 20.8 Å². The minimum atomic E-state index is 0.914. The molecule has 0 atom stereocenters. The van der Waals surface area contributed by atoms with Crippen molar-refractivity contribution >= 4 is 49.8 Å². The van der Waals surface area contributed by atoms with E-state index >= 15 is 0 Å². The van der Waals surface area contributed by atoms with Gasteiger partial charge in [-0.15, -0.1) is 11.3 Å². The van der Waals surface area contributed by atoms with E-state index in [2.05, 4.69) is 77.3 Å². The van der Waals surface area contributed by atoms with E-state index in [1.165, 1.54) is 15.8 Å². The number of hydrogen-bond acceptors (Lipinski definition) is 3. The van der Waals surface area contributed by atoms with Gasteiger partial charge in [-0.1, -0.05) is 28.7 Å². The number of fused-ring (bicyclic) bond motifs is 1. The van der Waals surface area contributed by atoms with Crippen molar-refractivity contribution in [1.82, 2.24) is 4.98 Å². The lowest BCUT2D eigenvalue weighted by molar-refractivity contribution is 1.44. The van der Waals surface area contributed by atoms with Gasteiger partial charge in [0, 0.05) is 11.3 Å². The third-order valence-electron chi connectivity index (χ3n) is 2.95. The predicted molar refractivity (Wildman–Crippen MR) is 92.3 cm³/mol. The van der Waals surface area contributed by atoms with E-state index in [-0.39, 0.29) is 0 Å². The number of nitrogens with one attached hydrogen (secondary N) is 1. The van der Waals surface area contributed by atoms with Crippen molar-refractivity contribution in [3.63, 3.8) is 0 Å². The van der Waals surface area contributed by atoms with Gasteiger partial charge in [-0.3, -0.25) is 0 Å². The molecule has 0 bridgehead atoms. The molecule has 0 aliphatic rings. The van der Waals surface area contributed by atoms with Crippen LogP contribution in [0.15, 0.2) is 42.5 Å². The molecule has 19 heavy (non-hydrogen) atoms. The molecule has 0 aliphatic carbocycles. The Balaban J connectivity index is 1.99. The van der Waals surface area contributed by atoms with E-state index in [0.717, 1.165) is 20.8 Å². The van der Waals surface area contributed by atoms with Crippen LogP contribution in [-0.2, 0) is 0 Å². The Morgan fingerprint density at radius 1 is 1.16 bits per heavy atom. The molecule has 0 saturated carbocycles. The summed E-state index contributed by atoms with van der Waals surface area (Å²) in [6, 6.07) is 14.9. The van der Waals surface area contributed by atoms with Gasteiger partial charge >= 0.3 is 0 Å². The smallest absolute Gasteiger partial charge is 0.124 e. The van der Waals surface area contributed by atoms with Crippen LogP contribution in [0.2, 0.25) is 0 Å². The molecule has 2 aromatic carbocycles. The summed E-state index contributed by atoms with van der Waals surface area (Å²) in [5.74, 6) is 0. The average molecular weight is 380 g/mol. The highest BCUT2D eigenvalue weighted by Crippen LogP contribution is 2.31. The van der Waals surface area contributed by atoms with Gasteiger partial charge in [0.1, 0.15) is 5.01 Å². The fraction of sp³-hybridized carbons (Fsp3) is 0.133. The fourth-order valence-electron chi connectivity index (χ4n) is 1.96. The Bertz CT molecular complexity index is 704. The second kappa shape index (κ2) is 5.46. The first-order valence-corrected chi connectivity index (χ1v) is 8.38. The van der Waals surface area contributed by atoms with Crippen LogP contribution in [0.1, 0.15) is 5.56 Å². The Labute approximate surface area is 130 Å². The molecular weight excluding hydrogens is 367 g/mol. The summed E-state index contributed by atoms with van der Waals surface area (Å²) in [6.45, 7) is 2.11. The first-order chi connectivity index (χ1) is 9.26. The van der Waals surface area contributed by atoms with E-state index in [1.54, 1.807) is 11.3 Å². The molecule has 1 aromatic heterocycles. The Morgan fingerprint density at radius 2 is 1.95 bits per heavy atom. The van der Waals surface area contributed by atoms with Crippen molar-refractivity contribution in [2.45, 2.75) is 6.92 Å². The second-order valence-corrected chi connectivity index (χ2v) is 6.17. The number of thiazole rings is 1. The molecule has 1 heterocycles. The molecule has 3 aromatic rings. The van der Waals surface area contributed by atoms with Crippen molar-refractivity contribution in [3.05, 3.63) is 48.0 Å². The van der Waals surface area contributed by atoms with Crippen LogP contribution in [0, 0.1) is 6.92 Å². The molecular formula is C15H13IN2S. The standard InChI is InChI=1S/C15H13IN2S/c1-10-2-7-13-14(8-10)19-15(18-13)11-3-5-12(6-4-11)17-9-16/h2-8,17H,9H2,1H3. The lowest BCUT2D eigenvalue weighted by atomic mass is 10.2. The average Bonchev–Trinajstić information content (AvgIpc) is 2.83. The lowest BCUT2D eigenvalue weighted by Crippen LogP contribution is -1.92. The highest BCUT2D eigenvalue weighted by atomic mass is 127. The zero-order valence-corrected chi connectivity index (χ0v) is 13.5. The molecule has 0 aliphatic heterocycles. The Kier molecular flexibility index (Phi) is 3.70. The molecule has 0 amide bonds. The van der Waals surface area contributed by atoms with Crippen molar-refractivity contribution in [3.8, 4) is 10.6 Å². The van der Waals surface area contributed by atoms with Gasteiger partial charge in [-0.25, -0.2) is 4.98 Å². The van der Waals surface area contributed by atoms with Crippen LogP contribution >= 0.6 is 33.9 Å². The molecule has 96 valence electrons. The van der Waals surface area contributed by atoms with Gasteiger partial charge in [0.2, 0.25) is 0 Å². The number of alkyl halides is 1. The van der Waals surface area contributed by atoms with E-state index in [4.69, 9.17) is 4.98 Å². The number of aromatic nitrogens is 1. The van der Waals surface area contributed by atoms with Gasteiger partial charge in [-0.2, -0.15) is 0 Å². The highest BCUT2D eigenvalue weighted by Gasteiger charge is 2.06. The van der Waals surface area contributed by atoms with Gasteiger partial charge in [0.25, 0.3) is 0 Å². The van der Waals surface area contributed by atoms with E-state index < -0.39 is 0 Å². The summed E-state index contributed by atoms with van der Waals surface area (Å²) in [6.07, 6.45) is 0. The fourth-order valence-corrected chi connectivity index (χ4v) is 3.47. The van der Waals surface area contributed by atoms with Crippen molar-refractivity contribution in [1.29, 1.82) is 0 Å². The van der Waals surface area contributed by atoms with E-state index in [1.807, 2.05) is 0 Å². The molecule has 0 saturated heterocycles. The number of halogens is 1. The maximum absolute atomic E-state index is 4.70. The van der Waals surface area contributed by atoms with Gasteiger partial charge in [0.05, 0.1) is 14.8 Å². The largest absolute Gasteiger partial charge is 0.376 e. The SMILES string of the molecule is Cc1ccc2nc(-c3ccc(NCI)cc3)sc2c1. The number of anilines is 1. The summed E-state index contributed by atoms with van der Waals surface area (Å²) in [5.41, 5.74) is 4.69. The van der Waals surface area contributed by atoms with Crippen LogP contribution in [0.4, 0.5) is 5.69 Å². The molecule has 0 unspecified atom stereocenters. The van der Waals surface area contributed by atoms with Crippen LogP contribution < -0.4 is 5.32 Å². The summed E-state index contributed by atoms with van der Waals surface area (Å²) in [7, 11) is 0. The molecule has 1 N–H and O–H groups in total. The molecule has 0 fully saturated rings. The zero-order valence-electron chi connectivity index (χ0n) is 10.5. The third kappa shape index (κ3) is 2.74. The normalized spacial score (nSPS) is 10.8. The number of aryl methyl sites for hydroxylation is 1. The number of hydrogen-bond donors (Lipinski definition) is 1. The van der Waals surface area contributed by atoms with Gasteiger partial charge in [0.15, 0.2) is 0 Å². The number of nitrogens with zero attached hydrogens (tertiary/aromatic N) is 1. The van der Waals surface area contributed by atoms with E-state index in [0.29, 0.717) is 0 Å². The molecule has 2 nitrogen and oxygen atoms in total.